The van der Waals surface area contributed by atoms with E-state index in [0.717, 1.165) is 12.1 Å². The molecule has 1 aliphatic heterocycles. The average molecular weight is 373 g/mol. The number of halogens is 3. The Morgan fingerprint density at radius 1 is 1.31 bits per heavy atom. The third-order valence-electron chi connectivity index (χ3n) is 3.81. The first kappa shape index (κ1) is 19.9. The van der Waals surface area contributed by atoms with Gasteiger partial charge in [0.25, 0.3) is 0 Å². The summed E-state index contributed by atoms with van der Waals surface area (Å²) < 4.78 is 41.0. The molecule has 144 valence electrons. The molecule has 0 radical (unpaired) electrons. The molecule has 1 fully saturated rings. The molecule has 1 aliphatic rings. The molecular weight excluding hydrogens is 351 g/mol. The Hall–Kier alpha value is -2.45. The Morgan fingerprint density at radius 2 is 1.96 bits per heavy atom. The van der Waals surface area contributed by atoms with Crippen LogP contribution in [0.15, 0.2) is 24.3 Å². The van der Waals surface area contributed by atoms with Gasteiger partial charge in [-0.2, -0.15) is 0 Å². The summed E-state index contributed by atoms with van der Waals surface area (Å²) >= 11 is 0. The van der Waals surface area contributed by atoms with Gasteiger partial charge in [-0.3, -0.25) is 4.79 Å². The van der Waals surface area contributed by atoms with Gasteiger partial charge in [-0.1, -0.05) is 6.07 Å². The normalized spacial score (nSPS) is 18.0. The zero-order valence-electron chi connectivity index (χ0n) is 15.1. The number of likely N-dealkylation sites (N-methyl/N-ethyl adjacent to an activating group) is 1. The van der Waals surface area contributed by atoms with Gasteiger partial charge in [-0.15, -0.1) is 13.2 Å². The maximum atomic E-state index is 12.7. The van der Waals surface area contributed by atoms with E-state index in [-0.39, 0.29) is 11.9 Å². The van der Waals surface area contributed by atoms with Crippen molar-refractivity contribution in [1.82, 2.24) is 10.2 Å². The van der Waals surface area contributed by atoms with Gasteiger partial charge in [0.15, 0.2) is 0 Å². The van der Waals surface area contributed by atoms with E-state index >= 15 is 0 Å². The predicted molar refractivity (Wildman–Crippen MR) is 89.9 cm³/mol. The fourth-order valence-electron chi connectivity index (χ4n) is 2.68. The standard InChI is InChI=1S/C17H22F3N3O3/c1-16(2,3)21-15(25)22(4)13-8-9-23(14(13)24)11-6-5-7-12(10-11)26-17(18,19)20/h5-7,10,13H,8-9H2,1-4H3,(H,21,25)/t13-/m1/s1. The fourth-order valence-corrected chi connectivity index (χ4v) is 2.68. The molecule has 3 amide bonds. The molecule has 1 atom stereocenters. The number of rotatable bonds is 3. The van der Waals surface area contributed by atoms with E-state index in [9.17, 15) is 22.8 Å². The fraction of sp³-hybridized carbons (Fsp3) is 0.529. The molecule has 2 rings (SSSR count). The highest BCUT2D eigenvalue weighted by molar-refractivity contribution is 6.01. The minimum atomic E-state index is -4.80. The van der Waals surface area contributed by atoms with Crippen molar-refractivity contribution in [2.24, 2.45) is 0 Å². The van der Waals surface area contributed by atoms with Crippen LogP contribution in [-0.2, 0) is 4.79 Å². The van der Waals surface area contributed by atoms with Gasteiger partial charge >= 0.3 is 12.4 Å². The van der Waals surface area contributed by atoms with E-state index in [1.807, 2.05) is 20.8 Å². The summed E-state index contributed by atoms with van der Waals surface area (Å²) in [6.07, 6.45) is -4.42. The molecule has 0 aliphatic carbocycles. The largest absolute Gasteiger partial charge is 0.573 e. The van der Waals surface area contributed by atoms with E-state index in [1.54, 1.807) is 0 Å². The lowest BCUT2D eigenvalue weighted by molar-refractivity contribution is -0.274. The molecule has 1 aromatic carbocycles. The van der Waals surface area contributed by atoms with Crippen LogP contribution in [0, 0.1) is 0 Å². The number of benzene rings is 1. The number of urea groups is 1. The minimum Gasteiger partial charge on any atom is -0.406 e. The summed E-state index contributed by atoms with van der Waals surface area (Å²) in [6, 6.07) is 4.17. The Kier molecular flexibility index (Phi) is 5.39. The summed E-state index contributed by atoms with van der Waals surface area (Å²) in [6.45, 7) is 5.78. The van der Waals surface area contributed by atoms with Gasteiger partial charge < -0.3 is 19.9 Å². The van der Waals surface area contributed by atoms with E-state index in [1.165, 1.54) is 29.0 Å². The third kappa shape index (κ3) is 5.03. The molecule has 0 aromatic heterocycles. The number of amides is 3. The van der Waals surface area contributed by atoms with Gasteiger partial charge in [0.05, 0.1) is 0 Å². The molecule has 1 heterocycles. The number of nitrogens with one attached hydrogen (secondary N) is 1. The second-order valence-corrected chi connectivity index (χ2v) is 7.13. The quantitative estimate of drug-likeness (QED) is 0.886. The van der Waals surface area contributed by atoms with Crippen LogP contribution in [0.3, 0.4) is 0 Å². The summed E-state index contributed by atoms with van der Waals surface area (Å²) in [5.74, 6) is -0.745. The molecule has 26 heavy (non-hydrogen) atoms. The van der Waals surface area contributed by atoms with Crippen molar-refractivity contribution in [3.8, 4) is 5.75 Å². The lowest BCUT2D eigenvalue weighted by Crippen LogP contribution is -2.52. The zero-order chi connectivity index (χ0) is 19.7. The van der Waals surface area contributed by atoms with Gasteiger partial charge in [-0.25, -0.2) is 4.79 Å². The monoisotopic (exact) mass is 373 g/mol. The highest BCUT2D eigenvalue weighted by atomic mass is 19.4. The lowest BCUT2D eigenvalue weighted by atomic mass is 10.1. The Bertz CT molecular complexity index is 686. The molecule has 1 saturated heterocycles. The van der Waals surface area contributed by atoms with Crippen LogP contribution in [0.1, 0.15) is 27.2 Å². The average Bonchev–Trinajstić information content (AvgIpc) is 2.85. The third-order valence-corrected chi connectivity index (χ3v) is 3.81. The highest BCUT2D eigenvalue weighted by Crippen LogP contribution is 2.30. The number of anilines is 1. The maximum Gasteiger partial charge on any atom is 0.573 e. The van der Waals surface area contributed by atoms with Gasteiger partial charge in [-0.05, 0) is 39.3 Å². The molecule has 6 nitrogen and oxygen atoms in total. The molecule has 1 aromatic rings. The van der Waals surface area contributed by atoms with E-state index in [4.69, 9.17) is 0 Å². The Balaban J connectivity index is 2.11. The zero-order valence-corrected chi connectivity index (χ0v) is 15.1. The van der Waals surface area contributed by atoms with Crippen molar-refractivity contribution in [2.75, 3.05) is 18.5 Å². The predicted octanol–water partition coefficient (Wildman–Crippen LogP) is 3.13. The van der Waals surface area contributed by atoms with Crippen LogP contribution in [0.2, 0.25) is 0 Å². The second kappa shape index (κ2) is 7.05. The topological polar surface area (TPSA) is 61.9 Å². The van der Waals surface area contributed by atoms with Crippen molar-refractivity contribution in [1.29, 1.82) is 0 Å². The molecule has 0 bridgehead atoms. The minimum absolute atomic E-state index is 0.295. The van der Waals surface area contributed by atoms with Crippen LogP contribution in [-0.4, -0.2) is 48.4 Å². The summed E-state index contributed by atoms with van der Waals surface area (Å²) in [7, 11) is 1.52. The van der Waals surface area contributed by atoms with Gasteiger partial charge in [0, 0.05) is 30.9 Å². The number of alkyl halides is 3. The number of carbonyl (C=O) groups excluding carboxylic acids is 2. The smallest absolute Gasteiger partial charge is 0.406 e. The number of hydrogen-bond donors (Lipinski definition) is 1. The number of hydrogen-bond acceptors (Lipinski definition) is 3. The first-order chi connectivity index (χ1) is 11.9. The van der Waals surface area contributed by atoms with Crippen molar-refractivity contribution in [3.05, 3.63) is 24.3 Å². The molecule has 0 saturated carbocycles. The maximum absolute atomic E-state index is 12.7. The highest BCUT2D eigenvalue weighted by Gasteiger charge is 2.38. The Morgan fingerprint density at radius 3 is 2.54 bits per heavy atom. The van der Waals surface area contributed by atoms with Crippen LogP contribution in [0.25, 0.3) is 0 Å². The Labute approximate surface area is 149 Å². The summed E-state index contributed by atoms with van der Waals surface area (Å²) in [5.41, 5.74) is -0.153. The SMILES string of the molecule is CN(C(=O)NC(C)(C)C)[C@@H]1CCN(c2cccc(OC(F)(F)F)c2)C1=O. The number of ether oxygens (including phenoxy) is 1. The van der Waals surface area contributed by atoms with Gasteiger partial charge in [0.1, 0.15) is 11.8 Å². The molecule has 9 heteroatoms. The second-order valence-electron chi connectivity index (χ2n) is 7.13. The summed E-state index contributed by atoms with van der Waals surface area (Å²) in [4.78, 5) is 27.6. The molecule has 0 spiro atoms. The summed E-state index contributed by atoms with van der Waals surface area (Å²) in [5, 5.41) is 2.78. The van der Waals surface area contributed by atoms with E-state index in [0.29, 0.717) is 18.7 Å². The van der Waals surface area contributed by atoms with Crippen molar-refractivity contribution in [3.63, 3.8) is 0 Å². The number of nitrogens with zero attached hydrogens (tertiary/aromatic N) is 2. The first-order valence-electron chi connectivity index (χ1n) is 8.09. The van der Waals surface area contributed by atoms with Crippen LogP contribution < -0.4 is 15.0 Å². The van der Waals surface area contributed by atoms with Crippen LogP contribution >= 0.6 is 0 Å². The molecule has 0 unspecified atom stereocenters. The van der Waals surface area contributed by atoms with Gasteiger partial charge in [0.2, 0.25) is 5.91 Å². The lowest BCUT2D eigenvalue weighted by Gasteiger charge is -2.29. The first-order valence-corrected chi connectivity index (χ1v) is 8.09. The van der Waals surface area contributed by atoms with Crippen LogP contribution in [0.4, 0.5) is 23.7 Å². The van der Waals surface area contributed by atoms with Crippen LogP contribution in [0.5, 0.6) is 5.75 Å². The van der Waals surface area contributed by atoms with E-state index < -0.39 is 23.7 Å². The number of carbonyl (C=O) groups is 2. The molecule has 1 N–H and O–H groups in total. The van der Waals surface area contributed by atoms with E-state index in [2.05, 4.69) is 10.1 Å². The van der Waals surface area contributed by atoms with Crippen molar-refractivity contribution >= 4 is 17.6 Å². The van der Waals surface area contributed by atoms with Crippen molar-refractivity contribution in [2.45, 2.75) is 45.1 Å². The molecular formula is C17H22F3N3O3. The van der Waals surface area contributed by atoms with Crippen molar-refractivity contribution < 1.29 is 27.5 Å².